The van der Waals surface area contributed by atoms with Crippen LogP contribution in [-0.4, -0.2) is 49.2 Å². The van der Waals surface area contributed by atoms with Gasteiger partial charge in [-0.15, -0.1) is 0 Å². The van der Waals surface area contributed by atoms with E-state index in [0.717, 1.165) is 16.8 Å². The molecule has 118 valence electrons. The Hall–Kier alpha value is -1.74. The standard InChI is InChI=1S/C14H18N4O3S/c19-22(20,18-6-8-21-9-7-18)16-11-13-10-15-17-14(13)12-4-2-1-3-5-12/h1-5,10,16H,6-9,11H2,(H,15,17). The summed E-state index contributed by atoms with van der Waals surface area (Å²) in [7, 11) is -3.50. The van der Waals surface area contributed by atoms with Gasteiger partial charge < -0.3 is 4.74 Å². The number of nitrogens with one attached hydrogen (secondary N) is 2. The van der Waals surface area contributed by atoms with E-state index >= 15 is 0 Å². The van der Waals surface area contributed by atoms with Crippen molar-refractivity contribution in [2.75, 3.05) is 26.3 Å². The maximum atomic E-state index is 12.3. The van der Waals surface area contributed by atoms with E-state index in [4.69, 9.17) is 4.74 Å². The van der Waals surface area contributed by atoms with Crippen molar-refractivity contribution in [2.24, 2.45) is 0 Å². The summed E-state index contributed by atoms with van der Waals surface area (Å²) >= 11 is 0. The molecular weight excluding hydrogens is 304 g/mol. The highest BCUT2D eigenvalue weighted by Gasteiger charge is 2.24. The molecule has 0 atom stereocenters. The van der Waals surface area contributed by atoms with Gasteiger partial charge in [0.05, 0.1) is 25.1 Å². The molecule has 2 N–H and O–H groups in total. The van der Waals surface area contributed by atoms with Gasteiger partial charge in [-0.1, -0.05) is 30.3 Å². The monoisotopic (exact) mass is 322 g/mol. The predicted molar refractivity (Wildman–Crippen MR) is 82.2 cm³/mol. The highest BCUT2D eigenvalue weighted by molar-refractivity contribution is 7.87. The smallest absolute Gasteiger partial charge is 0.279 e. The third kappa shape index (κ3) is 3.36. The average molecular weight is 322 g/mol. The summed E-state index contributed by atoms with van der Waals surface area (Å²) < 4.78 is 33.7. The molecule has 8 heteroatoms. The van der Waals surface area contributed by atoms with Gasteiger partial charge in [-0.2, -0.15) is 22.5 Å². The Morgan fingerprint density at radius 1 is 1.23 bits per heavy atom. The zero-order valence-electron chi connectivity index (χ0n) is 12.0. The van der Waals surface area contributed by atoms with Crippen molar-refractivity contribution >= 4 is 10.2 Å². The third-order valence-corrected chi connectivity index (χ3v) is 5.09. The summed E-state index contributed by atoms with van der Waals surface area (Å²) in [6.45, 7) is 1.82. The minimum atomic E-state index is -3.50. The number of morpholine rings is 1. The normalized spacial score (nSPS) is 16.7. The number of aromatic nitrogens is 2. The van der Waals surface area contributed by atoms with Crippen molar-refractivity contribution in [2.45, 2.75) is 6.54 Å². The summed E-state index contributed by atoms with van der Waals surface area (Å²) in [5.41, 5.74) is 2.61. The number of H-pyrrole nitrogens is 1. The molecule has 0 amide bonds. The van der Waals surface area contributed by atoms with Gasteiger partial charge >= 0.3 is 0 Å². The second kappa shape index (κ2) is 6.57. The fourth-order valence-electron chi connectivity index (χ4n) is 2.35. The third-order valence-electron chi connectivity index (χ3n) is 3.54. The molecular formula is C14H18N4O3S. The minimum absolute atomic E-state index is 0.195. The minimum Gasteiger partial charge on any atom is -0.379 e. The Morgan fingerprint density at radius 3 is 2.68 bits per heavy atom. The van der Waals surface area contributed by atoms with Crippen molar-refractivity contribution < 1.29 is 13.2 Å². The fourth-order valence-corrected chi connectivity index (χ4v) is 3.50. The maximum Gasteiger partial charge on any atom is 0.279 e. The summed E-state index contributed by atoms with van der Waals surface area (Å²) in [5, 5.41) is 6.94. The van der Waals surface area contributed by atoms with Crippen LogP contribution in [0.5, 0.6) is 0 Å². The van der Waals surface area contributed by atoms with Gasteiger partial charge in [0.15, 0.2) is 0 Å². The predicted octanol–water partition coefficient (Wildman–Crippen LogP) is 0.743. The van der Waals surface area contributed by atoms with E-state index in [1.165, 1.54) is 4.31 Å². The van der Waals surface area contributed by atoms with E-state index < -0.39 is 10.2 Å². The zero-order valence-corrected chi connectivity index (χ0v) is 12.8. The molecule has 1 aromatic heterocycles. The van der Waals surface area contributed by atoms with Crippen LogP contribution in [0.1, 0.15) is 5.56 Å². The van der Waals surface area contributed by atoms with Gasteiger partial charge in [-0.25, -0.2) is 0 Å². The number of hydrogen-bond acceptors (Lipinski definition) is 4. The first kappa shape index (κ1) is 15.2. The second-order valence-corrected chi connectivity index (χ2v) is 6.73. The summed E-state index contributed by atoms with van der Waals surface area (Å²) in [5.74, 6) is 0. The van der Waals surface area contributed by atoms with Gasteiger partial charge in [-0.3, -0.25) is 5.10 Å². The Balaban J connectivity index is 1.71. The molecule has 0 radical (unpaired) electrons. The topological polar surface area (TPSA) is 87.3 Å². The van der Waals surface area contributed by atoms with Gasteiger partial charge in [0.2, 0.25) is 0 Å². The molecule has 0 unspecified atom stereocenters. The molecule has 1 saturated heterocycles. The van der Waals surface area contributed by atoms with Gasteiger partial charge in [0.1, 0.15) is 0 Å². The van der Waals surface area contributed by atoms with E-state index in [1.807, 2.05) is 30.3 Å². The van der Waals surface area contributed by atoms with E-state index in [1.54, 1.807) is 6.20 Å². The van der Waals surface area contributed by atoms with Crippen LogP contribution >= 0.6 is 0 Å². The van der Waals surface area contributed by atoms with E-state index in [-0.39, 0.29) is 6.54 Å². The first-order valence-corrected chi connectivity index (χ1v) is 8.51. The van der Waals surface area contributed by atoms with Crippen LogP contribution in [-0.2, 0) is 21.5 Å². The Morgan fingerprint density at radius 2 is 1.95 bits per heavy atom. The SMILES string of the molecule is O=S(=O)(NCc1cn[nH]c1-c1ccccc1)N1CCOCC1. The first-order chi connectivity index (χ1) is 10.7. The van der Waals surface area contributed by atoms with Gasteiger partial charge in [-0.05, 0) is 5.56 Å². The Labute approximate surface area is 129 Å². The quantitative estimate of drug-likeness (QED) is 0.850. The lowest BCUT2D eigenvalue weighted by atomic mass is 10.1. The van der Waals surface area contributed by atoms with Crippen molar-refractivity contribution in [3.63, 3.8) is 0 Å². The number of benzene rings is 1. The number of rotatable bonds is 5. The maximum absolute atomic E-state index is 12.3. The average Bonchev–Trinajstić information content (AvgIpc) is 3.03. The molecule has 2 aromatic rings. The molecule has 22 heavy (non-hydrogen) atoms. The largest absolute Gasteiger partial charge is 0.379 e. The Kier molecular flexibility index (Phi) is 4.53. The molecule has 0 saturated carbocycles. The second-order valence-electron chi connectivity index (χ2n) is 4.97. The molecule has 2 heterocycles. The number of nitrogens with zero attached hydrogens (tertiary/aromatic N) is 2. The Bertz CT molecular complexity index is 709. The van der Waals surface area contributed by atoms with Crippen LogP contribution in [0.2, 0.25) is 0 Å². The molecule has 1 aliphatic heterocycles. The highest BCUT2D eigenvalue weighted by atomic mass is 32.2. The van der Waals surface area contributed by atoms with Crippen LogP contribution in [0, 0.1) is 0 Å². The van der Waals surface area contributed by atoms with E-state index in [0.29, 0.717) is 26.3 Å². The summed E-state index contributed by atoms with van der Waals surface area (Å²) in [6.07, 6.45) is 1.64. The van der Waals surface area contributed by atoms with Crippen LogP contribution in [0.25, 0.3) is 11.3 Å². The lowest BCUT2D eigenvalue weighted by Crippen LogP contribution is -2.46. The van der Waals surface area contributed by atoms with E-state index in [2.05, 4.69) is 14.9 Å². The van der Waals surface area contributed by atoms with Crippen molar-refractivity contribution in [1.82, 2.24) is 19.2 Å². The lowest BCUT2D eigenvalue weighted by molar-refractivity contribution is 0.0725. The summed E-state index contributed by atoms with van der Waals surface area (Å²) in [6, 6.07) is 9.69. The van der Waals surface area contributed by atoms with Crippen LogP contribution in [0.15, 0.2) is 36.5 Å². The number of ether oxygens (including phenoxy) is 1. The fraction of sp³-hybridized carbons (Fsp3) is 0.357. The van der Waals surface area contributed by atoms with Crippen LogP contribution in [0.4, 0.5) is 0 Å². The summed E-state index contributed by atoms with van der Waals surface area (Å²) in [4.78, 5) is 0. The van der Waals surface area contributed by atoms with Crippen molar-refractivity contribution in [3.8, 4) is 11.3 Å². The van der Waals surface area contributed by atoms with Gasteiger partial charge in [0.25, 0.3) is 10.2 Å². The van der Waals surface area contributed by atoms with Crippen molar-refractivity contribution in [3.05, 3.63) is 42.1 Å². The number of aromatic amines is 1. The molecule has 1 aliphatic rings. The molecule has 0 aliphatic carbocycles. The first-order valence-electron chi connectivity index (χ1n) is 7.07. The van der Waals surface area contributed by atoms with Gasteiger partial charge in [0, 0.05) is 25.2 Å². The lowest BCUT2D eigenvalue weighted by Gasteiger charge is -2.26. The molecule has 1 fully saturated rings. The highest BCUT2D eigenvalue weighted by Crippen LogP contribution is 2.20. The van der Waals surface area contributed by atoms with Crippen LogP contribution in [0.3, 0.4) is 0 Å². The molecule has 1 aromatic carbocycles. The van der Waals surface area contributed by atoms with Crippen LogP contribution < -0.4 is 4.72 Å². The molecule has 0 spiro atoms. The molecule has 7 nitrogen and oxygen atoms in total. The van der Waals surface area contributed by atoms with Crippen molar-refractivity contribution in [1.29, 1.82) is 0 Å². The zero-order chi connectivity index (χ0) is 15.4. The molecule has 0 bridgehead atoms. The molecule has 3 rings (SSSR count). The van der Waals surface area contributed by atoms with E-state index in [9.17, 15) is 8.42 Å². The number of hydrogen-bond donors (Lipinski definition) is 2.